The van der Waals surface area contributed by atoms with Crippen molar-refractivity contribution in [3.05, 3.63) is 16.0 Å². The van der Waals surface area contributed by atoms with Crippen LogP contribution in [0.25, 0.3) is 0 Å². The first-order valence-corrected chi connectivity index (χ1v) is 9.77. The number of rotatable bonds is 4. The van der Waals surface area contributed by atoms with E-state index in [0.29, 0.717) is 28.6 Å². The summed E-state index contributed by atoms with van der Waals surface area (Å²) in [6, 6.07) is 2.19. The van der Waals surface area contributed by atoms with Crippen molar-refractivity contribution in [3.63, 3.8) is 0 Å². The van der Waals surface area contributed by atoms with E-state index in [9.17, 15) is 10.1 Å². The van der Waals surface area contributed by atoms with Gasteiger partial charge >= 0.3 is 5.97 Å². The van der Waals surface area contributed by atoms with E-state index in [1.54, 1.807) is 6.92 Å². The summed E-state index contributed by atoms with van der Waals surface area (Å²) >= 11 is 1.19. The number of carbonyl (C=O) groups excluding carboxylic acids is 1. The summed E-state index contributed by atoms with van der Waals surface area (Å²) in [6.07, 6.45) is 6.69. The number of piperidine rings is 1. The molecule has 2 heterocycles. The number of ether oxygens (including phenoxy) is 1. The fourth-order valence-electron chi connectivity index (χ4n) is 4.34. The third-order valence-electron chi connectivity index (χ3n) is 5.52. The maximum atomic E-state index is 12.2. The van der Waals surface area contributed by atoms with E-state index in [4.69, 9.17) is 10.5 Å². The van der Waals surface area contributed by atoms with Gasteiger partial charge in [0, 0.05) is 5.92 Å². The van der Waals surface area contributed by atoms with Crippen LogP contribution in [0.15, 0.2) is 0 Å². The molecular formula is C18H26N3O2S+. The molecule has 2 aliphatic rings. The predicted octanol–water partition coefficient (Wildman–Crippen LogP) is 1.97. The van der Waals surface area contributed by atoms with Gasteiger partial charge in [0.05, 0.1) is 30.8 Å². The summed E-state index contributed by atoms with van der Waals surface area (Å²) < 4.78 is 5.15. The second-order valence-electron chi connectivity index (χ2n) is 6.96. The average molecular weight is 348 g/mol. The molecule has 0 radical (unpaired) electrons. The molecule has 24 heavy (non-hydrogen) atoms. The third-order valence-corrected chi connectivity index (χ3v) is 6.56. The maximum Gasteiger partial charge on any atom is 0.348 e. The third kappa shape index (κ3) is 3.42. The zero-order valence-electron chi connectivity index (χ0n) is 14.3. The second-order valence-corrected chi connectivity index (χ2v) is 8.01. The van der Waals surface area contributed by atoms with Crippen molar-refractivity contribution >= 4 is 22.3 Å². The highest BCUT2D eigenvalue weighted by molar-refractivity contribution is 7.18. The summed E-state index contributed by atoms with van der Waals surface area (Å²) in [4.78, 5) is 14.2. The molecule has 130 valence electrons. The second kappa shape index (κ2) is 7.54. The van der Waals surface area contributed by atoms with E-state index in [1.165, 1.54) is 48.3 Å². The Balaban J connectivity index is 1.79. The number of anilines is 1. The molecule has 5 nitrogen and oxygen atoms in total. The van der Waals surface area contributed by atoms with Crippen LogP contribution >= 0.6 is 11.3 Å². The zero-order valence-corrected chi connectivity index (χ0v) is 15.1. The normalized spacial score (nSPS) is 26.4. The number of nitrogens with two attached hydrogens (primary N) is 1. The molecule has 1 aromatic heterocycles. The van der Waals surface area contributed by atoms with E-state index in [0.717, 1.165) is 30.5 Å². The van der Waals surface area contributed by atoms with Crippen LogP contribution in [0.1, 0.15) is 59.8 Å². The molecule has 1 unspecified atom stereocenters. The van der Waals surface area contributed by atoms with Gasteiger partial charge in [0.2, 0.25) is 0 Å². The zero-order chi connectivity index (χ0) is 17.1. The lowest BCUT2D eigenvalue weighted by atomic mass is 9.75. The van der Waals surface area contributed by atoms with Gasteiger partial charge in [-0.2, -0.15) is 5.26 Å². The van der Waals surface area contributed by atoms with Crippen molar-refractivity contribution in [3.8, 4) is 6.07 Å². The molecule has 0 amide bonds. The van der Waals surface area contributed by atoms with Crippen LogP contribution in [0.2, 0.25) is 0 Å². The summed E-state index contributed by atoms with van der Waals surface area (Å²) in [5, 5.41) is 9.89. The number of carbonyl (C=O) groups is 1. The van der Waals surface area contributed by atoms with Gasteiger partial charge in [-0.15, -0.1) is 11.3 Å². The van der Waals surface area contributed by atoms with Crippen molar-refractivity contribution in [1.82, 2.24) is 0 Å². The molecule has 0 spiro atoms. The quantitative estimate of drug-likeness (QED) is 0.815. The Morgan fingerprint density at radius 3 is 2.83 bits per heavy atom. The number of esters is 1. The Morgan fingerprint density at radius 2 is 2.12 bits per heavy atom. The number of nitrogen functional groups attached to an aromatic ring is 1. The topological polar surface area (TPSA) is 80.5 Å². The minimum Gasteiger partial charge on any atom is -0.462 e. The summed E-state index contributed by atoms with van der Waals surface area (Å²) in [5.74, 6) is 1.34. The van der Waals surface area contributed by atoms with Crippen LogP contribution in [-0.2, 0) is 11.3 Å². The lowest BCUT2D eigenvalue weighted by Gasteiger charge is -2.39. The van der Waals surface area contributed by atoms with Crippen molar-refractivity contribution in [2.24, 2.45) is 11.8 Å². The summed E-state index contributed by atoms with van der Waals surface area (Å²) in [7, 11) is 0. The number of nitriles is 1. The molecule has 0 bridgehead atoms. The van der Waals surface area contributed by atoms with E-state index in [-0.39, 0.29) is 5.97 Å². The number of nitrogens with zero attached hydrogens (tertiary/aromatic N) is 1. The van der Waals surface area contributed by atoms with Gasteiger partial charge in [-0.1, -0.05) is 12.8 Å². The number of hydrogen-bond acceptors (Lipinski definition) is 5. The minimum absolute atomic E-state index is 0.332. The van der Waals surface area contributed by atoms with Crippen LogP contribution in [-0.4, -0.2) is 25.7 Å². The highest BCUT2D eigenvalue weighted by Crippen LogP contribution is 2.34. The Kier molecular flexibility index (Phi) is 5.42. The lowest BCUT2D eigenvalue weighted by Crippen LogP contribution is -3.12. The number of hydrogen-bond donors (Lipinski definition) is 2. The van der Waals surface area contributed by atoms with Crippen molar-refractivity contribution in [1.29, 1.82) is 5.26 Å². The molecule has 2 fully saturated rings. The highest BCUT2D eigenvalue weighted by Gasteiger charge is 2.35. The molecule has 1 aromatic rings. The van der Waals surface area contributed by atoms with Crippen molar-refractivity contribution in [2.45, 2.75) is 45.6 Å². The van der Waals surface area contributed by atoms with Gasteiger partial charge in [0.25, 0.3) is 0 Å². The summed E-state index contributed by atoms with van der Waals surface area (Å²) in [6.45, 7) is 5.09. The Labute approximate surface area is 147 Å². The number of likely N-dealkylation sites (tertiary alicyclic amines) is 1. The summed E-state index contributed by atoms with van der Waals surface area (Å²) in [5.41, 5.74) is 7.24. The number of fused-ring (bicyclic) bond motifs is 1. The highest BCUT2D eigenvalue weighted by atomic mass is 32.1. The fourth-order valence-corrected chi connectivity index (χ4v) is 5.27. The molecule has 6 heteroatoms. The molecule has 3 N–H and O–H groups in total. The van der Waals surface area contributed by atoms with E-state index in [2.05, 4.69) is 6.07 Å². The maximum absolute atomic E-state index is 12.2. The first-order chi connectivity index (χ1) is 11.6. The monoisotopic (exact) mass is 348 g/mol. The van der Waals surface area contributed by atoms with Gasteiger partial charge in [-0.25, -0.2) is 4.79 Å². The van der Waals surface area contributed by atoms with Gasteiger partial charge in [0.1, 0.15) is 22.5 Å². The molecule has 1 aliphatic heterocycles. The molecule has 1 saturated heterocycles. The Hall–Kier alpha value is -1.58. The number of thiophene rings is 1. The van der Waals surface area contributed by atoms with Crippen LogP contribution in [0.3, 0.4) is 0 Å². The van der Waals surface area contributed by atoms with Crippen molar-refractivity contribution < 1.29 is 14.4 Å². The van der Waals surface area contributed by atoms with Gasteiger partial charge in [0.15, 0.2) is 0 Å². The molecular weight excluding hydrogens is 322 g/mol. The first kappa shape index (κ1) is 17.2. The van der Waals surface area contributed by atoms with E-state index < -0.39 is 0 Å². The van der Waals surface area contributed by atoms with Crippen LogP contribution < -0.4 is 10.6 Å². The predicted molar refractivity (Wildman–Crippen MR) is 93.9 cm³/mol. The minimum atomic E-state index is -0.349. The largest absolute Gasteiger partial charge is 0.462 e. The lowest BCUT2D eigenvalue weighted by molar-refractivity contribution is -0.924. The van der Waals surface area contributed by atoms with Crippen LogP contribution in [0, 0.1) is 23.2 Å². The smallest absolute Gasteiger partial charge is 0.348 e. The van der Waals surface area contributed by atoms with Crippen LogP contribution in [0.4, 0.5) is 5.00 Å². The average Bonchev–Trinajstić information content (AvgIpc) is 2.90. The molecule has 1 aliphatic carbocycles. The molecule has 1 saturated carbocycles. The molecule has 3 rings (SSSR count). The fraction of sp³-hybridized carbons (Fsp3) is 0.667. The standard InChI is InChI=1S/C18H25N3O2S/c1-2-23-18(22)16-15(14(9-19)17(20)24-16)11-21-8-7-12-5-3-4-6-13(12)10-21/h12-13H,2-8,10-11,20H2,1H3/p+1/t12-,13-/m1/s1. The Morgan fingerprint density at radius 1 is 1.38 bits per heavy atom. The SMILES string of the molecule is CCOC(=O)c1sc(N)c(C#N)c1C[NH+]1CC[C@H]2CCCC[C@@H]2C1. The molecule has 0 aromatic carbocycles. The van der Waals surface area contributed by atoms with E-state index in [1.807, 2.05) is 0 Å². The molecule has 3 atom stereocenters. The van der Waals surface area contributed by atoms with Gasteiger partial charge in [-0.3, -0.25) is 0 Å². The first-order valence-electron chi connectivity index (χ1n) is 8.96. The Bertz CT molecular complexity index is 649. The van der Waals surface area contributed by atoms with Crippen molar-refractivity contribution in [2.75, 3.05) is 25.4 Å². The van der Waals surface area contributed by atoms with E-state index >= 15 is 0 Å². The number of quaternary nitrogens is 1. The van der Waals surface area contributed by atoms with Gasteiger partial charge in [-0.05, 0) is 32.1 Å². The van der Waals surface area contributed by atoms with Crippen LogP contribution in [0.5, 0.6) is 0 Å². The number of nitrogens with one attached hydrogen (secondary N) is 1. The van der Waals surface area contributed by atoms with Gasteiger partial charge < -0.3 is 15.4 Å².